The Balaban J connectivity index is 2.16. The van der Waals surface area contributed by atoms with Gasteiger partial charge in [0.1, 0.15) is 29.9 Å². The Labute approximate surface area is 263 Å². The second-order valence-corrected chi connectivity index (χ2v) is 12.1. The lowest BCUT2D eigenvalue weighted by Crippen LogP contribution is -2.52. The van der Waals surface area contributed by atoms with Crippen molar-refractivity contribution in [2.75, 3.05) is 39.3 Å². The third-order valence-corrected chi connectivity index (χ3v) is 9.07. The maximum Gasteiger partial charge on any atom is 0.265 e. The van der Waals surface area contributed by atoms with E-state index in [2.05, 4.69) is 5.32 Å². The number of halogens is 1. The molecule has 13 heteroatoms. The topological polar surface area (TPSA) is 124 Å². The summed E-state index contributed by atoms with van der Waals surface area (Å²) in [6, 6.07) is 12.9. The normalized spacial score (nSPS) is 12.4. The van der Waals surface area contributed by atoms with Gasteiger partial charge in [-0.05, 0) is 62.2 Å². The number of sulfonamides is 1. The van der Waals surface area contributed by atoms with E-state index in [1.807, 2.05) is 13.8 Å². The molecule has 2 atom stereocenters. The molecule has 0 heterocycles. The molecule has 0 radical (unpaired) electrons. The van der Waals surface area contributed by atoms with Gasteiger partial charge >= 0.3 is 0 Å². The van der Waals surface area contributed by atoms with Crippen molar-refractivity contribution in [2.45, 2.75) is 50.7 Å². The second-order valence-electron chi connectivity index (χ2n) is 10.2. The zero-order valence-electron chi connectivity index (χ0n) is 26.5. The molecule has 0 aliphatic carbocycles. The molecule has 0 saturated heterocycles. The monoisotopic (exact) mass is 645 g/mol. The van der Waals surface area contributed by atoms with Crippen molar-refractivity contribution >= 4 is 27.5 Å². The van der Waals surface area contributed by atoms with E-state index in [1.54, 1.807) is 13.0 Å². The van der Waals surface area contributed by atoms with Gasteiger partial charge in [-0.25, -0.2) is 12.8 Å². The highest BCUT2D eigenvalue weighted by Crippen LogP contribution is 2.37. The maximum atomic E-state index is 14.4. The molecule has 2 unspecified atom stereocenters. The first kappa shape index (κ1) is 35.0. The van der Waals surface area contributed by atoms with Crippen LogP contribution in [0.2, 0.25) is 0 Å². The molecule has 3 rings (SSSR count). The predicted molar refractivity (Wildman–Crippen MR) is 168 cm³/mol. The molecule has 3 aromatic rings. The predicted octanol–water partition coefficient (Wildman–Crippen LogP) is 4.39. The van der Waals surface area contributed by atoms with E-state index in [1.165, 1.54) is 87.9 Å². The number of nitrogens with zero attached hydrogens (tertiary/aromatic N) is 2. The highest BCUT2D eigenvalue weighted by Gasteiger charge is 2.35. The Kier molecular flexibility index (Phi) is 12.0. The minimum Gasteiger partial charge on any atom is -0.497 e. The van der Waals surface area contributed by atoms with Crippen molar-refractivity contribution in [3.05, 3.63) is 72.0 Å². The molecule has 45 heavy (non-hydrogen) atoms. The average Bonchev–Trinajstić information content (AvgIpc) is 3.05. The number of benzene rings is 3. The average molecular weight is 646 g/mol. The third kappa shape index (κ3) is 8.35. The zero-order valence-corrected chi connectivity index (χ0v) is 27.3. The lowest BCUT2D eigenvalue weighted by atomic mass is 10.1. The number of methoxy groups -OCH3 is 4. The van der Waals surface area contributed by atoms with Crippen molar-refractivity contribution in [1.29, 1.82) is 0 Å². The van der Waals surface area contributed by atoms with Gasteiger partial charge in [-0.1, -0.05) is 19.1 Å². The van der Waals surface area contributed by atoms with Crippen molar-refractivity contribution in [3.8, 4) is 23.0 Å². The van der Waals surface area contributed by atoms with E-state index >= 15 is 0 Å². The maximum absolute atomic E-state index is 14.4. The molecule has 11 nitrogen and oxygen atoms in total. The van der Waals surface area contributed by atoms with E-state index in [0.717, 1.165) is 4.31 Å². The van der Waals surface area contributed by atoms with Crippen LogP contribution in [0.3, 0.4) is 0 Å². The number of anilines is 1. The number of nitrogens with one attached hydrogen (secondary N) is 1. The van der Waals surface area contributed by atoms with Crippen LogP contribution in [-0.2, 0) is 26.2 Å². The Morgan fingerprint density at radius 2 is 1.47 bits per heavy atom. The highest BCUT2D eigenvalue weighted by molar-refractivity contribution is 7.92. The van der Waals surface area contributed by atoms with Gasteiger partial charge < -0.3 is 29.2 Å². The fourth-order valence-electron chi connectivity index (χ4n) is 4.44. The van der Waals surface area contributed by atoms with E-state index < -0.39 is 40.2 Å². The first-order valence-electron chi connectivity index (χ1n) is 14.2. The molecular formula is C32H40FN3O8S. The summed E-state index contributed by atoms with van der Waals surface area (Å²) in [4.78, 5) is 28.5. The van der Waals surface area contributed by atoms with Gasteiger partial charge in [0.2, 0.25) is 11.8 Å². The van der Waals surface area contributed by atoms with E-state index in [9.17, 15) is 22.4 Å². The molecule has 3 aromatic carbocycles. The molecule has 0 saturated carbocycles. The Bertz CT molecular complexity index is 1580. The summed E-state index contributed by atoms with van der Waals surface area (Å²) in [5.74, 6) is -0.638. The Morgan fingerprint density at radius 1 is 0.844 bits per heavy atom. The standard InChI is InChI=1S/C32H40FN3O8S/c1-8-21(2)34-32(38)22(3)35(19-23-9-11-24(33)12-10-23)31(37)20-36(27-17-25(41-4)13-15-28(27)42-5)45(39,40)26-14-16-29(43-6)30(18-26)44-7/h9-18,21-22H,8,19-20H2,1-7H3,(H,34,38). The van der Waals surface area contributed by atoms with Gasteiger partial charge in [-0.3, -0.25) is 13.9 Å². The lowest BCUT2D eigenvalue weighted by Gasteiger charge is -2.33. The molecule has 0 aliphatic heterocycles. The number of carbonyl (C=O) groups is 2. The summed E-state index contributed by atoms with van der Waals surface area (Å²) in [6.45, 7) is 4.49. The molecule has 0 bridgehead atoms. The number of ether oxygens (including phenoxy) is 4. The summed E-state index contributed by atoms with van der Waals surface area (Å²) in [6.07, 6.45) is 0.664. The smallest absolute Gasteiger partial charge is 0.265 e. The number of carbonyl (C=O) groups excluding carboxylic acids is 2. The number of hydrogen-bond donors (Lipinski definition) is 1. The second kappa shape index (κ2) is 15.5. The van der Waals surface area contributed by atoms with Crippen LogP contribution in [0.1, 0.15) is 32.8 Å². The molecule has 0 spiro atoms. The number of amides is 2. The van der Waals surface area contributed by atoms with Crippen molar-refractivity contribution in [3.63, 3.8) is 0 Å². The first-order valence-corrected chi connectivity index (χ1v) is 15.6. The van der Waals surface area contributed by atoms with Crippen LogP contribution in [-0.4, -0.2) is 72.2 Å². The SMILES string of the molecule is CCC(C)NC(=O)C(C)N(Cc1ccc(F)cc1)C(=O)CN(c1cc(OC)ccc1OC)S(=O)(=O)c1ccc(OC)c(OC)c1. The van der Waals surface area contributed by atoms with Gasteiger partial charge in [0.05, 0.1) is 39.0 Å². The van der Waals surface area contributed by atoms with E-state index in [-0.39, 0.29) is 34.7 Å². The zero-order chi connectivity index (χ0) is 33.3. The fourth-order valence-corrected chi connectivity index (χ4v) is 5.88. The largest absolute Gasteiger partial charge is 0.497 e. The van der Waals surface area contributed by atoms with Crippen LogP contribution in [0.25, 0.3) is 0 Å². The molecule has 1 N–H and O–H groups in total. The van der Waals surface area contributed by atoms with Crippen LogP contribution >= 0.6 is 0 Å². The van der Waals surface area contributed by atoms with Gasteiger partial charge in [-0.15, -0.1) is 0 Å². The Morgan fingerprint density at radius 3 is 2.04 bits per heavy atom. The highest BCUT2D eigenvalue weighted by atomic mass is 32.2. The molecule has 2 amide bonds. The summed E-state index contributed by atoms with van der Waals surface area (Å²) < 4.78 is 64.7. The fraction of sp³-hybridized carbons (Fsp3) is 0.375. The van der Waals surface area contributed by atoms with Gasteiger partial charge in [-0.2, -0.15) is 0 Å². The third-order valence-electron chi connectivity index (χ3n) is 7.31. The van der Waals surface area contributed by atoms with Crippen LogP contribution < -0.4 is 28.6 Å². The number of hydrogen-bond acceptors (Lipinski definition) is 8. The van der Waals surface area contributed by atoms with Gasteiger partial charge in [0.15, 0.2) is 11.5 Å². The van der Waals surface area contributed by atoms with Crippen molar-refractivity contribution in [1.82, 2.24) is 10.2 Å². The molecular weight excluding hydrogens is 605 g/mol. The van der Waals surface area contributed by atoms with Crippen LogP contribution in [0.4, 0.5) is 10.1 Å². The van der Waals surface area contributed by atoms with Crippen LogP contribution in [0.5, 0.6) is 23.0 Å². The Hall–Kier alpha value is -4.52. The molecule has 244 valence electrons. The van der Waals surface area contributed by atoms with Crippen LogP contribution in [0, 0.1) is 5.82 Å². The first-order chi connectivity index (χ1) is 21.4. The van der Waals surface area contributed by atoms with Gasteiger partial charge in [0, 0.05) is 24.7 Å². The quantitative estimate of drug-likeness (QED) is 0.258. The van der Waals surface area contributed by atoms with Crippen molar-refractivity contribution < 1.29 is 41.3 Å². The summed E-state index contributed by atoms with van der Waals surface area (Å²) in [5.41, 5.74) is 0.569. The van der Waals surface area contributed by atoms with Gasteiger partial charge in [0.25, 0.3) is 10.0 Å². The summed E-state index contributed by atoms with van der Waals surface area (Å²) in [5, 5.41) is 2.87. The van der Waals surface area contributed by atoms with E-state index in [0.29, 0.717) is 23.5 Å². The molecule has 0 aromatic heterocycles. The number of rotatable bonds is 15. The lowest BCUT2D eigenvalue weighted by molar-refractivity contribution is -0.139. The molecule has 0 aliphatic rings. The van der Waals surface area contributed by atoms with Crippen LogP contribution in [0.15, 0.2) is 65.6 Å². The summed E-state index contributed by atoms with van der Waals surface area (Å²) in [7, 11) is 1.11. The minimum atomic E-state index is -4.48. The van der Waals surface area contributed by atoms with Crippen molar-refractivity contribution in [2.24, 2.45) is 0 Å². The summed E-state index contributed by atoms with van der Waals surface area (Å²) >= 11 is 0. The minimum absolute atomic E-state index is 0.0263. The van der Waals surface area contributed by atoms with E-state index in [4.69, 9.17) is 18.9 Å². The molecule has 0 fully saturated rings.